The van der Waals surface area contributed by atoms with Gasteiger partial charge in [0.05, 0.1) is 18.3 Å². The second kappa shape index (κ2) is 4.55. The van der Waals surface area contributed by atoms with Crippen LogP contribution in [0.3, 0.4) is 0 Å². The highest BCUT2D eigenvalue weighted by atomic mass is 16.5. The number of rotatable bonds is 4. The Labute approximate surface area is 100 Å². The van der Waals surface area contributed by atoms with Crippen LogP contribution < -0.4 is 5.32 Å². The van der Waals surface area contributed by atoms with Gasteiger partial charge in [-0.2, -0.15) is 0 Å². The summed E-state index contributed by atoms with van der Waals surface area (Å²) >= 11 is 0. The molecule has 0 aromatic heterocycles. The standard InChI is InChI=1S/C12H19NO4/c14-12(15)11-4-2-8(17-11)6-13-9-5-7-1-3-10(9)16-7/h7-11,13H,1-6H2,(H,14,15). The number of nitrogens with one attached hydrogen (secondary N) is 1. The minimum absolute atomic E-state index is 0.0511. The van der Waals surface area contributed by atoms with Crippen LogP contribution >= 0.6 is 0 Å². The Morgan fingerprint density at radius 3 is 2.71 bits per heavy atom. The molecule has 3 aliphatic heterocycles. The van der Waals surface area contributed by atoms with E-state index in [4.69, 9.17) is 14.6 Å². The molecule has 2 bridgehead atoms. The van der Waals surface area contributed by atoms with Crippen molar-refractivity contribution in [1.29, 1.82) is 0 Å². The van der Waals surface area contributed by atoms with Crippen molar-refractivity contribution in [3.63, 3.8) is 0 Å². The SMILES string of the molecule is O=C(O)C1CCC(CNC2CC3CCC2O3)O1. The molecular weight excluding hydrogens is 222 g/mol. The minimum atomic E-state index is -0.837. The third-order valence-electron chi connectivity index (χ3n) is 4.10. The number of carboxylic acids is 1. The Bertz CT molecular complexity index is 309. The Hall–Kier alpha value is -0.650. The number of hydrogen-bond acceptors (Lipinski definition) is 4. The molecule has 0 aromatic carbocycles. The molecule has 2 N–H and O–H groups in total. The average molecular weight is 241 g/mol. The van der Waals surface area contributed by atoms with Gasteiger partial charge in [-0.3, -0.25) is 0 Å². The zero-order chi connectivity index (χ0) is 11.8. The summed E-state index contributed by atoms with van der Waals surface area (Å²) in [5.41, 5.74) is 0. The molecule has 3 fully saturated rings. The van der Waals surface area contributed by atoms with Gasteiger partial charge in [0.15, 0.2) is 6.10 Å². The smallest absolute Gasteiger partial charge is 0.332 e. The molecule has 3 aliphatic rings. The second-order valence-corrected chi connectivity index (χ2v) is 5.29. The van der Waals surface area contributed by atoms with Gasteiger partial charge in [-0.1, -0.05) is 0 Å². The minimum Gasteiger partial charge on any atom is -0.479 e. The highest BCUT2D eigenvalue weighted by Gasteiger charge is 2.41. The molecule has 0 radical (unpaired) electrons. The van der Waals surface area contributed by atoms with E-state index >= 15 is 0 Å². The number of fused-ring (bicyclic) bond motifs is 2. The quantitative estimate of drug-likeness (QED) is 0.751. The van der Waals surface area contributed by atoms with Crippen LogP contribution in [-0.4, -0.2) is 48.1 Å². The lowest BCUT2D eigenvalue weighted by molar-refractivity contribution is -0.149. The lowest BCUT2D eigenvalue weighted by Crippen LogP contribution is -2.41. The van der Waals surface area contributed by atoms with E-state index in [-0.39, 0.29) is 6.10 Å². The third-order valence-corrected chi connectivity index (χ3v) is 4.10. The van der Waals surface area contributed by atoms with E-state index in [0.717, 1.165) is 25.8 Å². The van der Waals surface area contributed by atoms with Crippen molar-refractivity contribution in [3.8, 4) is 0 Å². The van der Waals surface area contributed by atoms with Gasteiger partial charge in [-0.15, -0.1) is 0 Å². The fourth-order valence-corrected chi connectivity index (χ4v) is 3.17. The zero-order valence-electron chi connectivity index (χ0n) is 9.80. The van der Waals surface area contributed by atoms with Crippen molar-refractivity contribution in [1.82, 2.24) is 5.32 Å². The number of carboxylic acid groups (broad SMARTS) is 1. The van der Waals surface area contributed by atoms with Crippen LogP contribution in [0.2, 0.25) is 0 Å². The Balaban J connectivity index is 1.42. The van der Waals surface area contributed by atoms with Crippen molar-refractivity contribution in [2.24, 2.45) is 0 Å². The summed E-state index contributed by atoms with van der Waals surface area (Å²) in [4.78, 5) is 10.7. The van der Waals surface area contributed by atoms with Crippen LogP contribution in [0, 0.1) is 0 Å². The highest BCUT2D eigenvalue weighted by Crippen LogP contribution is 2.34. The molecule has 96 valence electrons. The van der Waals surface area contributed by atoms with Crippen molar-refractivity contribution in [2.45, 2.75) is 62.6 Å². The number of carbonyl (C=O) groups is 1. The number of ether oxygens (including phenoxy) is 2. The van der Waals surface area contributed by atoms with Gasteiger partial charge < -0.3 is 19.9 Å². The predicted octanol–water partition coefficient (Wildman–Crippen LogP) is 0.528. The van der Waals surface area contributed by atoms with E-state index in [2.05, 4.69) is 5.32 Å². The van der Waals surface area contributed by atoms with E-state index in [1.165, 1.54) is 6.42 Å². The molecule has 3 heterocycles. The molecule has 0 saturated carbocycles. The summed E-state index contributed by atoms with van der Waals surface area (Å²) in [5.74, 6) is -0.837. The van der Waals surface area contributed by atoms with Crippen molar-refractivity contribution in [3.05, 3.63) is 0 Å². The third kappa shape index (κ3) is 2.32. The normalized spacial score (nSPS) is 44.4. The second-order valence-electron chi connectivity index (χ2n) is 5.29. The summed E-state index contributed by atoms with van der Waals surface area (Å²) in [5, 5.41) is 12.3. The van der Waals surface area contributed by atoms with Crippen LogP contribution in [-0.2, 0) is 14.3 Å². The van der Waals surface area contributed by atoms with Crippen LogP contribution in [0.4, 0.5) is 0 Å². The largest absolute Gasteiger partial charge is 0.479 e. The van der Waals surface area contributed by atoms with E-state index < -0.39 is 12.1 Å². The molecule has 17 heavy (non-hydrogen) atoms. The maximum Gasteiger partial charge on any atom is 0.332 e. The maximum atomic E-state index is 10.7. The summed E-state index contributed by atoms with van der Waals surface area (Å²) < 4.78 is 11.2. The molecule has 0 aromatic rings. The monoisotopic (exact) mass is 241 g/mol. The molecule has 5 heteroatoms. The summed E-state index contributed by atoms with van der Waals surface area (Å²) in [7, 11) is 0. The zero-order valence-corrected chi connectivity index (χ0v) is 9.80. The topological polar surface area (TPSA) is 67.8 Å². The van der Waals surface area contributed by atoms with Gasteiger partial charge in [0.25, 0.3) is 0 Å². The van der Waals surface area contributed by atoms with Gasteiger partial charge in [-0.25, -0.2) is 4.79 Å². The van der Waals surface area contributed by atoms with Crippen molar-refractivity contribution < 1.29 is 19.4 Å². The van der Waals surface area contributed by atoms with E-state index in [1.54, 1.807) is 0 Å². The van der Waals surface area contributed by atoms with E-state index in [9.17, 15) is 4.79 Å². The molecule has 5 atom stereocenters. The predicted molar refractivity (Wildman–Crippen MR) is 59.8 cm³/mol. The fraction of sp³-hybridized carbons (Fsp3) is 0.917. The first-order chi connectivity index (χ1) is 8.22. The Morgan fingerprint density at radius 1 is 1.24 bits per heavy atom. The molecule has 5 unspecified atom stereocenters. The summed E-state index contributed by atoms with van der Waals surface area (Å²) in [6, 6.07) is 0.446. The van der Waals surface area contributed by atoms with Gasteiger partial charge in [0, 0.05) is 12.6 Å². The first-order valence-corrected chi connectivity index (χ1v) is 6.49. The molecule has 0 aliphatic carbocycles. The number of aliphatic carboxylic acids is 1. The maximum absolute atomic E-state index is 10.7. The van der Waals surface area contributed by atoms with Gasteiger partial charge in [0.2, 0.25) is 0 Å². The molecule has 0 spiro atoms. The molecule has 3 rings (SSSR count). The van der Waals surface area contributed by atoms with Crippen molar-refractivity contribution in [2.75, 3.05) is 6.54 Å². The first-order valence-electron chi connectivity index (χ1n) is 6.49. The van der Waals surface area contributed by atoms with E-state index in [1.807, 2.05) is 0 Å². The lowest BCUT2D eigenvalue weighted by Gasteiger charge is -2.22. The summed E-state index contributed by atoms with van der Waals surface area (Å²) in [6.07, 6.45) is 5.20. The molecule has 5 nitrogen and oxygen atoms in total. The van der Waals surface area contributed by atoms with Crippen molar-refractivity contribution >= 4 is 5.97 Å². The summed E-state index contributed by atoms with van der Waals surface area (Å²) in [6.45, 7) is 0.751. The van der Waals surface area contributed by atoms with Gasteiger partial charge >= 0.3 is 5.97 Å². The van der Waals surface area contributed by atoms with Gasteiger partial charge in [0.1, 0.15) is 0 Å². The Kier molecular flexibility index (Phi) is 3.06. The highest BCUT2D eigenvalue weighted by molar-refractivity contribution is 5.72. The number of hydrogen-bond donors (Lipinski definition) is 2. The van der Waals surface area contributed by atoms with Crippen LogP contribution in [0.25, 0.3) is 0 Å². The molecule has 0 amide bonds. The van der Waals surface area contributed by atoms with Gasteiger partial charge in [-0.05, 0) is 32.1 Å². The average Bonchev–Trinajstić information content (AvgIpc) is 3.02. The van der Waals surface area contributed by atoms with Crippen LogP contribution in [0.15, 0.2) is 0 Å². The van der Waals surface area contributed by atoms with Crippen LogP contribution in [0.1, 0.15) is 32.1 Å². The first kappa shape index (κ1) is 11.4. The lowest BCUT2D eigenvalue weighted by atomic mass is 9.95. The Morgan fingerprint density at radius 2 is 2.12 bits per heavy atom. The van der Waals surface area contributed by atoms with Crippen LogP contribution in [0.5, 0.6) is 0 Å². The fourth-order valence-electron chi connectivity index (χ4n) is 3.17. The van der Waals surface area contributed by atoms with E-state index in [0.29, 0.717) is 24.7 Å². The molecular formula is C12H19NO4. The molecule has 3 saturated heterocycles.